The number of fused-ring (bicyclic) bond motifs is 1. The number of benzene rings is 1. The van der Waals surface area contributed by atoms with Crippen LogP contribution < -0.4 is 0 Å². The molecule has 0 radical (unpaired) electrons. The number of rotatable bonds is 5. The second kappa shape index (κ2) is 7.83. The smallest absolute Gasteiger partial charge is 0.261 e. The Kier molecular flexibility index (Phi) is 5.26. The molecule has 28 heavy (non-hydrogen) atoms. The zero-order valence-electron chi connectivity index (χ0n) is 15.9. The van der Waals surface area contributed by atoms with Gasteiger partial charge in [-0.25, -0.2) is 4.98 Å². The van der Waals surface area contributed by atoms with E-state index in [9.17, 15) is 14.4 Å². The number of likely N-dealkylation sites (tertiary alicyclic amines) is 1. The largest absolute Gasteiger partial charge is 0.342 e. The van der Waals surface area contributed by atoms with Crippen molar-refractivity contribution in [3.63, 3.8) is 0 Å². The average molecular weight is 398 g/mol. The first-order chi connectivity index (χ1) is 13.6. The summed E-state index contributed by atoms with van der Waals surface area (Å²) < 4.78 is 0. The van der Waals surface area contributed by atoms with Gasteiger partial charge in [0.1, 0.15) is 0 Å². The maximum atomic E-state index is 12.7. The normalized spacial score (nSPS) is 19.2. The number of nitrogens with zero attached hydrogens (tertiary/aromatic N) is 3. The fraction of sp³-hybridized carbons (Fsp3) is 0.429. The molecular formula is C21H23N3O3S. The Morgan fingerprint density at radius 1 is 1.21 bits per heavy atom. The van der Waals surface area contributed by atoms with E-state index < -0.39 is 0 Å². The molecule has 2 aliphatic rings. The third-order valence-electron chi connectivity index (χ3n) is 5.48. The number of aromatic nitrogens is 1. The highest BCUT2D eigenvalue weighted by Crippen LogP contribution is 2.30. The van der Waals surface area contributed by atoms with E-state index in [1.54, 1.807) is 35.6 Å². The van der Waals surface area contributed by atoms with Gasteiger partial charge in [-0.05, 0) is 31.4 Å². The molecule has 4 rings (SSSR count). The number of imide groups is 1. The van der Waals surface area contributed by atoms with Gasteiger partial charge in [-0.1, -0.05) is 19.1 Å². The van der Waals surface area contributed by atoms with Crippen molar-refractivity contribution in [2.45, 2.75) is 38.5 Å². The number of aryl methyl sites for hydroxylation is 1. The van der Waals surface area contributed by atoms with Crippen LogP contribution in [0.4, 0.5) is 0 Å². The maximum absolute atomic E-state index is 12.7. The zero-order valence-corrected chi connectivity index (χ0v) is 16.7. The molecule has 1 unspecified atom stereocenters. The molecule has 0 N–H and O–H groups in total. The molecule has 3 heterocycles. The Labute approximate surface area is 168 Å². The van der Waals surface area contributed by atoms with Crippen molar-refractivity contribution in [1.82, 2.24) is 14.8 Å². The number of carbonyl (C=O) groups is 3. The topological polar surface area (TPSA) is 70.6 Å². The van der Waals surface area contributed by atoms with E-state index in [1.807, 2.05) is 4.90 Å². The molecular weight excluding hydrogens is 374 g/mol. The fourth-order valence-electron chi connectivity index (χ4n) is 3.89. The van der Waals surface area contributed by atoms with Crippen molar-refractivity contribution in [2.75, 3.05) is 19.6 Å². The van der Waals surface area contributed by atoms with E-state index in [2.05, 4.69) is 17.3 Å². The van der Waals surface area contributed by atoms with Crippen molar-refractivity contribution in [3.8, 4) is 0 Å². The van der Waals surface area contributed by atoms with Gasteiger partial charge in [0.25, 0.3) is 11.8 Å². The van der Waals surface area contributed by atoms with Crippen LogP contribution in [-0.2, 0) is 11.2 Å². The van der Waals surface area contributed by atoms with E-state index in [0.717, 1.165) is 36.5 Å². The quantitative estimate of drug-likeness (QED) is 0.727. The first-order valence-electron chi connectivity index (χ1n) is 9.75. The molecule has 1 aromatic carbocycles. The van der Waals surface area contributed by atoms with Gasteiger partial charge >= 0.3 is 0 Å². The number of amides is 3. The Morgan fingerprint density at radius 2 is 1.93 bits per heavy atom. The lowest BCUT2D eigenvalue weighted by molar-refractivity contribution is -0.132. The van der Waals surface area contributed by atoms with Crippen LogP contribution in [0.3, 0.4) is 0 Å². The summed E-state index contributed by atoms with van der Waals surface area (Å²) in [5.41, 5.74) is 1.95. The Morgan fingerprint density at radius 3 is 2.57 bits per heavy atom. The van der Waals surface area contributed by atoms with Crippen molar-refractivity contribution < 1.29 is 14.4 Å². The molecule has 0 spiro atoms. The molecule has 3 amide bonds. The summed E-state index contributed by atoms with van der Waals surface area (Å²) in [7, 11) is 0. The molecule has 6 nitrogen and oxygen atoms in total. The first kappa shape index (κ1) is 18.8. The van der Waals surface area contributed by atoms with Crippen LogP contribution in [0.1, 0.15) is 63.5 Å². The van der Waals surface area contributed by atoms with Gasteiger partial charge in [0.15, 0.2) is 0 Å². The van der Waals surface area contributed by atoms with Crippen LogP contribution in [-0.4, -0.2) is 52.1 Å². The van der Waals surface area contributed by atoms with Crippen LogP contribution in [0, 0.1) is 0 Å². The van der Waals surface area contributed by atoms with E-state index in [0.29, 0.717) is 17.7 Å². The predicted octanol–water partition coefficient (Wildman–Crippen LogP) is 3.10. The van der Waals surface area contributed by atoms with Gasteiger partial charge in [-0.15, -0.1) is 11.3 Å². The molecule has 2 aromatic rings. The van der Waals surface area contributed by atoms with E-state index in [-0.39, 0.29) is 36.6 Å². The molecule has 0 bridgehead atoms. The highest BCUT2D eigenvalue weighted by atomic mass is 32.1. The van der Waals surface area contributed by atoms with Crippen LogP contribution in [0.25, 0.3) is 0 Å². The van der Waals surface area contributed by atoms with Gasteiger partial charge in [0.05, 0.1) is 21.8 Å². The molecule has 0 aliphatic carbocycles. The Balaban J connectivity index is 1.36. The highest BCUT2D eigenvalue weighted by Gasteiger charge is 2.35. The second-order valence-electron chi connectivity index (χ2n) is 7.27. The number of thiazole rings is 1. The SMILES string of the molecule is CCc1csc(C2CCCN(C(=O)CCN3C(=O)c4ccccc4C3=O)C2)n1. The average Bonchev–Trinajstić information content (AvgIpc) is 3.31. The Hall–Kier alpha value is -2.54. The van der Waals surface area contributed by atoms with Gasteiger partial charge in [-0.2, -0.15) is 0 Å². The van der Waals surface area contributed by atoms with Crippen molar-refractivity contribution in [2.24, 2.45) is 0 Å². The summed E-state index contributed by atoms with van der Waals surface area (Å²) in [5.74, 6) is -0.338. The molecule has 1 aromatic heterocycles. The van der Waals surface area contributed by atoms with Crippen molar-refractivity contribution in [1.29, 1.82) is 0 Å². The summed E-state index contributed by atoms with van der Waals surface area (Å²) in [6.45, 7) is 3.61. The minimum atomic E-state index is -0.306. The molecule has 1 atom stereocenters. The summed E-state index contributed by atoms with van der Waals surface area (Å²) in [5, 5.41) is 3.20. The van der Waals surface area contributed by atoms with Gasteiger partial charge < -0.3 is 4.90 Å². The number of piperidine rings is 1. The van der Waals surface area contributed by atoms with Crippen LogP contribution in [0.5, 0.6) is 0 Å². The molecule has 1 saturated heterocycles. The molecule has 2 aliphatic heterocycles. The van der Waals surface area contributed by atoms with Crippen molar-refractivity contribution >= 4 is 29.1 Å². The predicted molar refractivity (Wildman–Crippen MR) is 106 cm³/mol. The van der Waals surface area contributed by atoms with Gasteiger partial charge in [0.2, 0.25) is 5.91 Å². The highest BCUT2D eigenvalue weighted by molar-refractivity contribution is 7.09. The summed E-state index contributed by atoms with van der Waals surface area (Å²) >= 11 is 1.68. The maximum Gasteiger partial charge on any atom is 0.261 e. The molecule has 1 fully saturated rings. The monoisotopic (exact) mass is 397 g/mol. The Bertz CT molecular complexity index is 888. The lowest BCUT2D eigenvalue weighted by Crippen LogP contribution is -2.41. The number of carbonyl (C=O) groups excluding carboxylic acids is 3. The second-order valence-corrected chi connectivity index (χ2v) is 8.16. The van der Waals surface area contributed by atoms with Crippen LogP contribution in [0.15, 0.2) is 29.6 Å². The molecule has 0 saturated carbocycles. The minimum absolute atomic E-state index is 0.00599. The summed E-state index contributed by atoms with van der Waals surface area (Å²) in [6, 6.07) is 6.81. The molecule has 146 valence electrons. The van der Waals surface area contributed by atoms with Gasteiger partial charge in [-0.3, -0.25) is 19.3 Å². The van der Waals surface area contributed by atoms with E-state index >= 15 is 0 Å². The summed E-state index contributed by atoms with van der Waals surface area (Å²) in [6.07, 6.45) is 3.08. The van der Waals surface area contributed by atoms with Gasteiger partial charge in [0, 0.05) is 37.4 Å². The number of hydrogen-bond donors (Lipinski definition) is 0. The minimum Gasteiger partial charge on any atom is -0.342 e. The lowest BCUT2D eigenvalue weighted by atomic mass is 9.98. The zero-order chi connectivity index (χ0) is 19.7. The number of hydrogen-bond acceptors (Lipinski definition) is 5. The van der Waals surface area contributed by atoms with E-state index in [1.165, 1.54) is 4.90 Å². The molecule has 7 heteroatoms. The lowest BCUT2D eigenvalue weighted by Gasteiger charge is -2.32. The first-order valence-corrected chi connectivity index (χ1v) is 10.6. The van der Waals surface area contributed by atoms with Crippen LogP contribution >= 0.6 is 11.3 Å². The standard InChI is InChI=1S/C21H23N3O3S/c1-2-15-13-28-19(22-15)14-6-5-10-23(12-14)18(25)9-11-24-20(26)16-7-3-4-8-17(16)21(24)27/h3-4,7-8,13-14H,2,5-6,9-12H2,1H3. The fourth-order valence-corrected chi connectivity index (χ4v) is 4.92. The van der Waals surface area contributed by atoms with Crippen LogP contribution in [0.2, 0.25) is 0 Å². The third-order valence-corrected chi connectivity index (χ3v) is 6.54. The van der Waals surface area contributed by atoms with Crippen molar-refractivity contribution in [3.05, 3.63) is 51.5 Å². The van der Waals surface area contributed by atoms with E-state index in [4.69, 9.17) is 0 Å². The summed E-state index contributed by atoms with van der Waals surface area (Å²) in [4.78, 5) is 45.3. The third kappa shape index (κ3) is 3.46.